The Balaban J connectivity index is 1.79. The average Bonchev–Trinajstić information content (AvgIpc) is 3.04. The molecule has 0 heterocycles. The fraction of sp³-hybridized carbons (Fsp3) is 0.429. The molecule has 4 rings (SSSR count). The lowest BCUT2D eigenvalue weighted by Crippen LogP contribution is -2.54. The van der Waals surface area contributed by atoms with Crippen LogP contribution in [0.15, 0.2) is 59.5 Å². The number of hydrogen-bond donors (Lipinski definition) is 1. The van der Waals surface area contributed by atoms with Crippen LogP contribution in [0.1, 0.15) is 62.1 Å². The number of benzene rings is 3. The summed E-state index contributed by atoms with van der Waals surface area (Å²) in [6.07, 6.45) is 5.21. The molecule has 1 N–H and O–H groups in total. The smallest absolute Gasteiger partial charge is 0.264 e. The van der Waals surface area contributed by atoms with Crippen molar-refractivity contribution in [3.8, 4) is 11.5 Å². The van der Waals surface area contributed by atoms with E-state index in [1.165, 1.54) is 37.3 Å². The van der Waals surface area contributed by atoms with Crippen molar-refractivity contribution in [3.63, 3.8) is 0 Å². The Hall–Kier alpha value is -3.47. The van der Waals surface area contributed by atoms with Gasteiger partial charge in [0.15, 0.2) is 11.5 Å². The molecule has 47 heavy (non-hydrogen) atoms. The summed E-state index contributed by atoms with van der Waals surface area (Å²) in [5.74, 6) is -0.301. The van der Waals surface area contributed by atoms with Crippen LogP contribution in [0.25, 0.3) is 0 Å². The number of carbonyl (C=O) groups is 2. The van der Waals surface area contributed by atoms with Crippen molar-refractivity contribution in [3.05, 3.63) is 81.3 Å². The van der Waals surface area contributed by atoms with E-state index in [4.69, 9.17) is 32.7 Å². The van der Waals surface area contributed by atoms with Crippen molar-refractivity contribution in [1.82, 2.24) is 10.2 Å². The molecule has 1 aliphatic carbocycles. The number of hydrogen-bond acceptors (Lipinski definition) is 6. The van der Waals surface area contributed by atoms with Crippen molar-refractivity contribution in [2.75, 3.05) is 25.1 Å². The molecule has 0 radical (unpaired) electrons. The van der Waals surface area contributed by atoms with Crippen LogP contribution in [0.3, 0.4) is 0 Å². The Kier molecular flexibility index (Phi) is 12.4. The fourth-order valence-corrected chi connectivity index (χ4v) is 7.98. The number of nitrogens with zero attached hydrogens (tertiary/aromatic N) is 2. The van der Waals surface area contributed by atoms with Crippen LogP contribution in [0.2, 0.25) is 10.0 Å². The van der Waals surface area contributed by atoms with E-state index in [2.05, 4.69) is 5.32 Å². The first kappa shape index (κ1) is 36.4. The number of anilines is 1. The normalized spacial score (nSPS) is 14.3. The van der Waals surface area contributed by atoms with Gasteiger partial charge in [0.25, 0.3) is 10.0 Å². The van der Waals surface area contributed by atoms with Crippen LogP contribution in [-0.2, 0) is 26.2 Å². The first-order valence-electron chi connectivity index (χ1n) is 15.7. The van der Waals surface area contributed by atoms with E-state index < -0.39 is 28.5 Å². The molecular formula is C35H43Cl2N3O6S. The topological polar surface area (TPSA) is 105 Å². The Labute approximate surface area is 288 Å². The number of ether oxygens (including phenoxy) is 2. The molecule has 3 aromatic carbocycles. The molecule has 0 spiro atoms. The predicted molar refractivity (Wildman–Crippen MR) is 186 cm³/mol. The number of methoxy groups -OCH3 is 2. The summed E-state index contributed by atoms with van der Waals surface area (Å²) in [6, 6.07) is 13.8. The van der Waals surface area contributed by atoms with E-state index in [1.807, 2.05) is 26.8 Å². The van der Waals surface area contributed by atoms with Crippen LogP contribution in [-0.4, -0.2) is 58.0 Å². The number of halogens is 2. The monoisotopic (exact) mass is 703 g/mol. The molecule has 12 heteroatoms. The highest BCUT2D eigenvalue weighted by Crippen LogP contribution is 2.34. The van der Waals surface area contributed by atoms with Crippen LogP contribution < -0.4 is 19.1 Å². The zero-order valence-corrected chi connectivity index (χ0v) is 29.8. The number of amides is 2. The third-order valence-electron chi connectivity index (χ3n) is 8.44. The molecule has 2 amide bonds. The van der Waals surface area contributed by atoms with Crippen molar-refractivity contribution < 1.29 is 27.5 Å². The Morgan fingerprint density at radius 2 is 1.53 bits per heavy atom. The van der Waals surface area contributed by atoms with E-state index in [9.17, 15) is 18.0 Å². The van der Waals surface area contributed by atoms with Gasteiger partial charge in [-0.15, -0.1) is 0 Å². The van der Waals surface area contributed by atoms with Gasteiger partial charge in [-0.2, -0.15) is 0 Å². The molecule has 0 saturated heterocycles. The van der Waals surface area contributed by atoms with E-state index in [-0.39, 0.29) is 29.1 Å². The first-order chi connectivity index (χ1) is 22.4. The van der Waals surface area contributed by atoms with Crippen molar-refractivity contribution in [2.24, 2.45) is 0 Å². The lowest BCUT2D eigenvalue weighted by atomic mass is 9.95. The lowest BCUT2D eigenvalue weighted by Gasteiger charge is -2.35. The van der Waals surface area contributed by atoms with Gasteiger partial charge in [0.1, 0.15) is 12.6 Å². The predicted octanol–water partition coefficient (Wildman–Crippen LogP) is 7.08. The molecule has 1 unspecified atom stereocenters. The zero-order chi connectivity index (χ0) is 34.3. The lowest BCUT2D eigenvalue weighted by molar-refractivity contribution is -0.140. The van der Waals surface area contributed by atoms with Gasteiger partial charge in [-0.1, -0.05) is 61.5 Å². The molecule has 1 saturated carbocycles. The van der Waals surface area contributed by atoms with Gasteiger partial charge in [0, 0.05) is 34.3 Å². The summed E-state index contributed by atoms with van der Waals surface area (Å²) in [5.41, 5.74) is 2.41. The summed E-state index contributed by atoms with van der Waals surface area (Å²) >= 11 is 13.1. The summed E-state index contributed by atoms with van der Waals surface area (Å²) in [6.45, 7) is 4.85. The van der Waals surface area contributed by atoms with E-state index in [0.29, 0.717) is 33.5 Å². The minimum absolute atomic E-state index is 0.0170. The molecule has 0 bridgehead atoms. The Bertz CT molecular complexity index is 1650. The van der Waals surface area contributed by atoms with E-state index in [1.54, 1.807) is 30.3 Å². The molecule has 9 nitrogen and oxygen atoms in total. The number of aryl methyl sites for hydroxylation is 2. The summed E-state index contributed by atoms with van der Waals surface area (Å²) in [4.78, 5) is 29.6. The summed E-state index contributed by atoms with van der Waals surface area (Å²) in [7, 11) is -1.46. The number of rotatable bonds is 13. The van der Waals surface area contributed by atoms with Gasteiger partial charge in [0.05, 0.1) is 24.8 Å². The van der Waals surface area contributed by atoms with Crippen molar-refractivity contribution in [2.45, 2.75) is 82.8 Å². The standard InChI is InChI=1S/C35H43Cl2N3O6S/c1-6-31(35(42)38-25-11-8-7-9-12-25)39(21-28-29(36)13-10-14-30(28)37)34(41)22-40(26-18-23(2)17-24(3)19-26)47(43,44)27-15-16-32(45-4)33(20-27)46-5/h10,13-20,25,31H,6-9,11-12,21-22H2,1-5H3,(H,38,42). The molecule has 1 atom stereocenters. The first-order valence-corrected chi connectivity index (χ1v) is 17.9. The third-order valence-corrected chi connectivity index (χ3v) is 10.9. The highest BCUT2D eigenvalue weighted by Gasteiger charge is 2.35. The maximum Gasteiger partial charge on any atom is 0.264 e. The maximum atomic E-state index is 14.5. The van der Waals surface area contributed by atoms with E-state index >= 15 is 0 Å². The van der Waals surface area contributed by atoms with Gasteiger partial charge in [0.2, 0.25) is 11.8 Å². The van der Waals surface area contributed by atoms with Crippen LogP contribution in [0.5, 0.6) is 11.5 Å². The van der Waals surface area contributed by atoms with Crippen molar-refractivity contribution >= 4 is 50.7 Å². The second-order valence-corrected chi connectivity index (χ2v) is 14.5. The average molecular weight is 705 g/mol. The van der Waals surface area contributed by atoms with Crippen LogP contribution in [0, 0.1) is 13.8 Å². The highest BCUT2D eigenvalue weighted by atomic mass is 35.5. The number of carbonyl (C=O) groups excluding carboxylic acids is 2. The van der Waals surface area contributed by atoms with Gasteiger partial charge < -0.3 is 19.7 Å². The zero-order valence-electron chi connectivity index (χ0n) is 27.5. The van der Waals surface area contributed by atoms with Gasteiger partial charge >= 0.3 is 0 Å². The number of nitrogens with one attached hydrogen (secondary N) is 1. The van der Waals surface area contributed by atoms with Gasteiger partial charge in [-0.05, 0) is 80.6 Å². The molecule has 0 aromatic heterocycles. The molecule has 1 aliphatic rings. The minimum atomic E-state index is -4.34. The summed E-state index contributed by atoms with van der Waals surface area (Å²) in [5, 5.41) is 3.81. The third kappa shape index (κ3) is 8.72. The molecule has 3 aromatic rings. The fourth-order valence-electron chi connectivity index (χ4n) is 6.05. The molecule has 254 valence electrons. The largest absolute Gasteiger partial charge is 0.493 e. The highest BCUT2D eigenvalue weighted by molar-refractivity contribution is 7.92. The SMILES string of the molecule is CCC(C(=O)NC1CCCCC1)N(Cc1c(Cl)cccc1Cl)C(=O)CN(c1cc(C)cc(C)c1)S(=O)(=O)c1ccc(OC)c(OC)c1. The summed E-state index contributed by atoms with van der Waals surface area (Å²) < 4.78 is 40.6. The molecular weight excluding hydrogens is 661 g/mol. The van der Waals surface area contributed by atoms with Crippen molar-refractivity contribution in [1.29, 1.82) is 0 Å². The second-order valence-electron chi connectivity index (χ2n) is 11.9. The van der Waals surface area contributed by atoms with Crippen LogP contribution in [0.4, 0.5) is 5.69 Å². The quantitative estimate of drug-likeness (QED) is 0.204. The number of sulfonamides is 1. The van der Waals surface area contributed by atoms with Crippen LogP contribution >= 0.6 is 23.2 Å². The molecule has 1 fully saturated rings. The Morgan fingerprint density at radius 3 is 2.11 bits per heavy atom. The maximum absolute atomic E-state index is 14.5. The van der Waals surface area contributed by atoms with Gasteiger partial charge in [-0.3, -0.25) is 13.9 Å². The van der Waals surface area contributed by atoms with E-state index in [0.717, 1.165) is 47.5 Å². The Morgan fingerprint density at radius 1 is 0.915 bits per heavy atom. The molecule has 0 aliphatic heterocycles. The van der Waals surface area contributed by atoms with Gasteiger partial charge in [-0.25, -0.2) is 8.42 Å². The second kappa shape index (κ2) is 16.1. The minimum Gasteiger partial charge on any atom is -0.493 e.